The fourth-order valence-electron chi connectivity index (χ4n) is 2.86. The predicted molar refractivity (Wildman–Crippen MR) is 78.4 cm³/mol. The second-order valence-corrected chi connectivity index (χ2v) is 5.14. The molecule has 0 atom stereocenters. The number of hydrogen-bond donors (Lipinski definition) is 2. The summed E-state index contributed by atoms with van der Waals surface area (Å²) in [5.74, 6) is 0.978. The largest absolute Gasteiger partial charge is 0.508 e. The molecule has 2 N–H and O–H groups in total. The minimum Gasteiger partial charge on any atom is -0.508 e. The fraction of sp³-hybridized carbons (Fsp3) is 0.125. The first-order valence-corrected chi connectivity index (χ1v) is 6.80. The lowest BCUT2D eigenvalue weighted by Gasteiger charge is -2.27. The molecule has 0 saturated carbocycles. The lowest BCUT2D eigenvalue weighted by Crippen LogP contribution is -2.31. The predicted octanol–water partition coefficient (Wildman–Crippen LogP) is 1.64. The zero-order chi connectivity index (χ0) is 14.4. The van der Waals surface area contributed by atoms with Gasteiger partial charge in [0.15, 0.2) is 0 Å². The second-order valence-electron chi connectivity index (χ2n) is 5.14. The number of nitrogens with one attached hydrogen (secondary N) is 1. The van der Waals surface area contributed by atoms with Gasteiger partial charge in [-0.1, -0.05) is 0 Å². The SMILES string of the molecule is O=C1C=CC2=CN=C(c3ccc(O)cc3)N3CCC(=C23)N1. The molecule has 1 aromatic carbocycles. The van der Waals surface area contributed by atoms with Crippen LogP contribution in [0.25, 0.3) is 0 Å². The molecule has 3 heterocycles. The maximum absolute atomic E-state index is 11.7. The van der Waals surface area contributed by atoms with E-state index >= 15 is 0 Å². The zero-order valence-electron chi connectivity index (χ0n) is 11.2. The van der Waals surface area contributed by atoms with Crippen molar-refractivity contribution in [2.45, 2.75) is 6.42 Å². The van der Waals surface area contributed by atoms with Crippen molar-refractivity contribution in [3.8, 4) is 5.75 Å². The second kappa shape index (κ2) is 4.34. The summed E-state index contributed by atoms with van der Waals surface area (Å²) in [5, 5.41) is 12.3. The van der Waals surface area contributed by atoms with Gasteiger partial charge in [0.25, 0.3) is 0 Å². The maximum Gasteiger partial charge on any atom is 0.248 e. The van der Waals surface area contributed by atoms with Gasteiger partial charge in [0, 0.05) is 42.1 Å². The first-order chi connectivity index (χ1) is 10.2. The molecule has 0 radical (unpaired) electrons. The standard InChI is InChI=1S/C16H13N3O2/c20-12-4-1-10(2-5-12)16-17-9-11-3-6-14(21)18-13-7-8-19(16)15(11)13/h1-6,9,20H,7-8H2,(H,18,21). The quantitative estimate of drug-likeness (QED) is 0.821. The van der Waals surface area contributed by atoms with Crippen LogP contribution in [0.1, 0.15) is 12.0 Å². The van der Waals surface area contributed by atoms with Crippen LogP contribution in [0.15, 0.2) is 64.6 Å². The lowest BCUT2D eigenvalue weighted by atomic mass is 10.1. The van der Waals surface area contributed by atoms with E-state index in [1.54, 1.807) is 24.4 Å². The number of benzene rings is 1. The van der Waals surface area contributed by atoms with Crippen LogP contribution in [0, 0.1) is 0 Å². The lowest BCUT2D eigenvalue weighted by molar-refractivity contribution is -0.115. The molecule has 1 amide bonds. The van der Waals surface area contributed by atoms with E-state index < -0.39 is 0 Å². The average molecular weight is 279 g/mol. The monoisotopic (exact) mass is 279 g/mol. The summed E-state index contributed by atoms with van der Waals surface area (Å²) in [6, 6.07) is 6.99. The number of amides is 1. The van der Waals surface area contributed by atoms with E-state index in [1.165, 1.54) is 6.08 Å². The number of hydrogen-bond acceptors (Lipinski definition) is 4. The van der Waals surface area contributed by atoms with Gasteiger partial charge in [-0.15, -0.1) is 0 Å². The normalized spacial score (nSPS) is 19.8. The molecule has 5 heteroatoms. The fourth-order valence-corrected chi connectivity index (χ4v) is 2.86. The molecule has 3 aliphatic rings. The molecule has 3 aliphatic heterocycles. The molecule has 21 heavy (non-hydrogen) atoms. The van der Waals surface area contributed by atoms with Crippen LogP contribution in [0.5, 0.6) is 5.75 Å². The molecule has 0 spiro atoms. The highest BCUT2D eigenvalue weighted by molar-refractivity contribution is 6.02. The number of phenols is 1. The molecule has 104 valence electrons. The van der Waals surface area contributed by atoms with Gasteiger partial charge in [-0.25, -0.2) is 4.99 Å². The van der Waals surface area contributed by atoms with E-state index in [0.717, 1.165) is 41.3 Å². The van der Waals surface area contributed by atoms with Crippen LogP contribution in [0.2, 0.25) is 0 Å². The van der Waals surface area contributed by atoms with E-state index in [-0.39, 0.29) is 11.7 Å². The highest BCUT2D eigenvalue weighted by Gasteiger charge is 2.32. The van der Waals surface area contributed by atoms with Gasteiger partial charge >= 0.3 is 0 Å². The Labute approximate surface area is 121 Å². The van der Waals surface area contributed by atoms with Crippen molar-refractivity contribution in [1.29, 1.82) is 0 Å². The summed E-state index contributed by atoms with van der Waals surface area (Å²) in [6.07, 6.45) is 5.91. The maximum atomic E-state index is 11.7. The Hall–Kier alpha value is -2.82. The number of rotatable bonds is 1. The number of aliphatic imine (C=N–C) groups is 1. The van der Waals surface area contributed by atoms with Crippen molar-refractivity contribution in [2.24, 2.45) is 4.99 Å². The molecule has 1 aromatic rings. The number of amidine groups is 1. The van der Waals surface area contributed by atoms with E-state index in [4.69, 9.17) is 0 Å². The van der Waals surface area contributed by atoms with Crippen LogP contribution < -0.4 is 5.32 Å². The van der Waals surface area contributed by atoms with Gasteiger partial charge in [-0.05, 0) is 30.3 Å². The molecule has 0 aliphatic carbocycles. The Morgan fingerprint density at radius 3 is 2.81 bits per heavy atom. The third-order valence-electron chi connectivity index (χ3n) is 3.81. The smallest absolute Gasteiger partial charge is 0.248 e. The van der Waals surface area contributed by atoms with Crippen LogP contribution in [-0.2, 0) is 4.79 Å². The minimum atomic E-state index is -0.0965. The summed E-state index contributed by atoms with van der Waals surface area (Å²) < 4.78 is 0. The van der Waals surface area contributed by atoms with Crippen LogP contribution >= 0.6 is 0 Å². The number of carbonyl (C=O) groups excluding carboxylic acids is 1. The first-order valence-electron chi connectivity index (χ1n) is 6.80. The summed E-state index contributed by atoms with van der Waals surface area (Å²) in [7, 11) is 0. The molecular formula is C16H13N3O2. The van der Waals surface area contributed by atoms with Crippen molar-refractivity contribution >= 4 is 11.7 Å². The molecule has 0 saturated heterocycles. The number of nitrogens with zero attached hydrogens (tertiary/aromatic N) is 2. The Balaban J connectivity index is 1.82. The van der Waals surface area contributed by atoms with Crippen LogP contribution in [0.4, 0.5) is 0 Å². The Morgan fingerprint density at radius 2 is 2.00 bits per heavy atom. The van der Waals surface area contributed by atoms with Crippen molar-refractivity contribution in [2.75, 3.05) is 6.54 Å². The number of phenolic OH excluding ortho intramolecular Hbond substituents is 1. The van der Waals surface area contributed by atoms with Gasteiger partial charge in [0.2, 0.25) is 5.91 Å². The summed E-state index contributed by atoms with van der Waals surface area (Å²) in [5.41, 5.74) is 3.86. The van der Waals surface area contributed by atoms with Crippen molar-refractivity contribution < 1.29 is 9.90 Å². The Bertz CT molecular complexity index is 754. The molecule has 0 aromatic heterocycles. The Kier molecular flexibility index (Phi) is 2.47. The summed E-state index contributed by atoms with van der Waals surface area (Å²) >= 11 is 0. The molecule has 0 fully saturated rings. The van der Waals surface area contributed by atoms with Crippen molar-refractivity contribution in [1.82, 2.24) is 10.2 Å². The van der Waals surface area contributed by atoms with E-state index in [0.29, 0.717) is 0 Å². The number of allylic oxidation sites excluding steroid dienone is 1. The van der Waals surface area contributed by atoms with Gasteiger partial charge in [-0.3, -0.25) is 4.79 Å². The van der Waals surface area contributed by atoms with Crippen LogP contribution in [-0.4, -0.2) is 28.3 Å². The molecular weight excluding hydrogens is 266 g/mol. The van der Waals surface area contributed by atoms with Crippen molar-refractivity contribution in [3.63, 3.8) is 0 Å². The third kappa shape index (κ3) is 1.86. The number of carbonyl (C=O) groups is 1. The molecule has 5 nitrogen and oxygen atoms in total. The number of aromatic hydroxyl groups is 1. The minimum absolute atomic E-state index is 0.0965. The van der Waals surface area contributed by atoms with Crippen molar-refractivity contribution in [3.05, 3.63) is 65.1 Å². The summed E-state index contributed by atoms with van der Waals surface area (Å²) in [6.45, 7) is 0.788. The molecule has 0 bridgehead atoms. The molecule has 4 rings (SSSR count). The highest BCUT2D eigenvalue weighted by Crippen LogP contribution is 2.34. The van der Waals surface area contributed by atoms with E-state index in [2.05, 4.69) is 15.2 Å². The topological polar surface area (TPSA) is 64.9 Å². The third-order valence-corrected chi connectivity index (χ3v) is 3.81. The van der Waals surface area contributed by atoms with Crippen LogP contribution in [0.3, 0.4) is 0 Å². The highest BCUT2D eigenvalue weighted by atomic mass is 16.3. The van der Waals surface area contributed by atoms with E-state index in [9.17, 15) is 9.90 Å². The van der Waals surface area contributed by atoms with Gasteiger partial charge in [0.05, 0.1) is 5.70 Å². The van der Waals surface area contributed by atoms with Gasteiger partial charge in [0.1, 0.15) is 11.6 Å². The van der Waals surface area contributed by atoms with Gasteiger partial charge < -0.3 is 15.3 Å². The van der Waals surface area contributed by atoms with E-state index in [1.807, 2.05) is 12.1 Å². The zero-order valence-corrected chi connectivity index (χ0v) is 11.2. The Morgan fingerprint density at radius 1 is 1.19 bits per heavy atom. The average Bonchev–Trinajstić information content (AvgIpc) is 2.82. The first kappa shape index (κ1) is 12.0. The molecule has 0 unspecified atom stereocenters. The van der Waals surface area contributed by atoms with Gasteiger partial charge in [-0.2, -0.15) is 0 Å². The summed E-state index contributed by atoms with van der Waals surface area (Å²) in [4.78, 5) is 18.3.